The lowest BCUT2D eigenvalue weighted by Crippen LogP contribution is -2.21. The van der Waals surface area contributed by atoms with Gasteiger partial charge in [-0.15, -0.1) is 0 Å². The van der Waals surface area contributed by atoms with Crippen LogP contribution in [0.25, 0.3) is 0 Å². The van der Waals surface area contributed by atoms with E-state index < -0.39 is 6.10 Å². The third-order valence-electron chi connectivity index (χ3n) is 2.31. The van der Waals surface area contributed by atoms with Gasteiger partial charge < -0.3 is 10.8 Å². The molecule has 0 aliphatic heterocycles. The minimum atomic E-state index is -0.408. The maximum absolute atomic E-state index is 9.47. The summed E-state index contributed by atoms with van der Waals surface area (Å²) in [5, 5.41) is 9.47. The van der Waals surface area contributed by atoms with Crippen molar-refractivity contribution in [2.75, 3.05) is 0 Å². The van der Waals surface area contributed by atoms with Crippen LogP contribution in [0, 0.1) is 0 Å². The van der Waals surface area contributed by atoms with Gasteiger partial charge >= 0.3 is 0 Å². The Balaban J connectivity index is 2.47. The van der Waals surface area contributed by atoms with Crippen LogP contribution < -0.4 is 5.73 Å². The summed E-state index contributed by atoms with van der Waals surface area (Å²) in [4.78, 5) is 0. The lowest BCUT2D eigenvalue weighted by Gasteiger charge is -2.07. The normalized spacial score (nSPS) is 27.2. The van der Waals surface area contributed by atoms with Gasteiger partial charge in [-0.05, 0) is 23.3 Å². The predicted molar refractivity (Wildman–Crippen MR) is 50.8 cm³/mol. The molecule has 3 heteroatoms. The van der Waals surface area contributed by atoms with E-state index in [2.05, 4.69) is 15.9 Å². The van der Waals surface area contributed by atoms with Gasteiger partial charge in [-0.2, -0.15) is 0 Å². The third kappa shape index (κ3) is 1.18. The topological polar surface area (TPSA) is 46.2 Å². The van der Waals surface area contributed by atoms with Crippen LogP contribution in [0.3, 0.4) is 0 Å². The van der Waals surface area contributed by atoms with E-state index in [4.69, 9.17) is 5.73 Å². The van der Waals surface area contributed by atoms with Crippen molar-refractivity contribution < 1.29 is 5.11 Å². The first-order valence-corrected chi connectivity index (χ1v) is 4.70. The number of aliphatic hydroxyl groups excluding tert-OH is 1. The van der Waals surface area contributed by atoms with Gasteiger partial charge in [0, 0.05) is 10.9 Å². The van der Waals surface area contributed by atoms with E-state index in [0.29, 0.717) is 6.42 Å². The fourth-order valence-electron chi connectivity index (χ4n) is 1.64. The van der Waals surface area contributed by atoms with Crippen LogP contribution in [0.15, 0.2) is 22.7 Å². The lowest BCUT2D eigenvalue weighted by atomic mass is 10.1. The molecule has 1 aliphatic carbocycles. The van der Waals surface area contributed by atoms with Gasteiger partial charge in [-0.25, -0.2) is 0 Å². The van der Waals surface area contributed by atoms with Gasteiger partial charge in [0.1, 0.15) is 0 Å². The number of aliphatic hydroxyl groups is 1. The Bertz CT molecular complexity index is 313. The SMILES string of the molecule is N[C@H]1c2ccc(Br)cc2C[C@@H]1O. The van der Waals surface area contributed by atoms with Crippen molar-refractivity contribution in [1.82, 2.24) is 0 Å². The number of hydrogen-bond donors (Lipinski definition) is 2. The molecule has 1 aromatic rings. The first-order valence-electron chi connectivity index (χ1n) is 3.90. The molecule has 3 N–H and O–H groups in total. The molecule has 2 nitrogen and oxygen atoms in total. The highest BCUT2D eigenvalue weighted by Gasteiger charge is 2.27. The second-order valence-electron chi connectivity index (χ2n) is 3.14. The molecule has 12 heavy (non-hydrogen) atoms. The first kappa shape index (κ1) is 8.23. The zero-order valence-corrected chi connectivity index (χ0v) is 8.08. The fourth-order valence-corrected chi connectivity index (χ4v) is 2.04. The van der Waals surface area contributed by atoms with Crippen molar-refractivity contribution in [2.45, 2.75) is 18.6 Å². The summed E-state index contributed by atoms with van der Waals surface area (Å²) in [6, 6.07) is 5.75. The lowest BCUT2D eigenvalue weighted by molar-refractivity contribution is 0.158. The van der Waals surface area contributed by atoms with E-state index in [-0.39, 0.29) is 6.04 Å². The Hall–Kier alpha value is -0.380. The summed E-state index contributed by atoms with van der Waals surface area (Å²) < 4.78 is 1.04. The first-order chi connectivity index (χ1) is 5.68. The molecular formula is C9H10BrNO. The summed E-state index contributed by atoms with van der Waals surface area (Å²) in [7, 11) is 0. The molecule has 0 aromatic heterocycles. The molecule has 0 saturated carbocycles. The minimum absolute atomic E-state index is 0.201. The van der Waals surface area contributed by atoms with Crippen molar-refractivity contribution in [2.24, 2.45) is 5.73 Å². The average Bonchev–Trinajstić information content (AvgIpc) is 2.28. The molecule has 0 saturated heterocycles. The van der Waals surface area contributed by atoms with E-state index in [1.165, 1.54) is 0 Å². The molecule has 2 rings (SSSR count). The molecule has 0 bridgehead atoms. The Kier molecular flexibility index (Phi) is 1.94. The minimum Gasteiger partial charge on any atom is -0.391 e. The summed E-state index contributed by atoms with van der Waals surface area (Å²) in [5.41, 5.74) is 8.01. The number of rotatable bonds is 0. The van der Waals surface area contributed by atoms with Gasteiger partial charge in [0.2, 0.25) is 0 Å². The fraction of sp³-hybridized carbons (Fsp3) is 0.333. The van der Waals surface area contributed by atoms with E-state index >= 15 is 0 Å². The van der Waals surface area contributed by atoms with Gasteiger partial charge in [0.05, 0.1) is 12.1 Å². The third-order valence-corrected chi connectivity index (χ3v) is 2.80. The van der Waals surface area contributed by atoms with Crippen molar-refractivity contribution >= 4 is 15.9 Å². The maximum Gasteiger partial charge on any atom is 0.0773 e. The standard InChI is InChI=1S/C9H10BrNO/c10-6-1-2-7-5(3-6)4-8(12)9(7)11/h1-3,8-9,12H,4,11H2/t8-,9-/m0/s1. The molecule has 2 atom stereocenters. The molecule has 64 valence electrons. The Labute approximate surface area is 79.5 Å². The Morgan fingerprint density at radius 3 is 3.00 bits per heavy atom. The number of hydrogen-bond acceptors (Lipinski definition) is 2. The molecule has 0 heterocycles. The largest absolute Gasteiger partial charge is 0.391 e. The predicted octanol–water partition coefficient (Wildman–Crippen LogP) is 1.37. The summed E-state index contributed by atoms with van der Waals surface area (Å²) >= 11 is 3.38. The zero-order valence-electron chi connectivity index (χ0n) is 6.50. The molecule has 0 amide bonds. The highest BCUT2D eigenvalue weighted by atomic mass is 79.9. The monoisotopic (exact) mass is 227 g/mol. The molecule has 0 fully saturated rings. The van der Waals surface area contributed by atoms with Crippen LogP contribution >= 0.6 is 15.9 Å². The van der Waals surface area contributed by atoms with Gasteiger partial charge in [0.15, 0.2) is 0 Å². The number of halogens is 1. The summed E-state index contributed by atoms with van der Waals surface area (Å²) in [6.07, 6.45) is 0.268. The van der Waals surface area contributed by atoms with Crippen LogP contribution in [0.2, 0.25) is 0 Å². The van der Waals surface area contributed by atoms with Gasteiger partial charge in [-0.1, -0.05) is 22.0 Å². The molecular weight excluding hydrogens is 218 g/mol. The average molecular weight is 228 g/mol. The second kappa shape index (κ2) is 2.83. The molecule has 0 radical (unpaired) electrons. The number of nitrogens with two attached hydrogens (primary N) is 1. The van der Waals surface area contributed by atoms with E-state index in [9.17, 15) is 5.11 Å². The van der Waals surface area contributed by atoms with E-state index in [1.54, 1.807) is 0 Å². The molecule has 1 aromatic carbocycles. The van der Waals surface area contributed by atoms with Gasteiger partial charge in [0.25, 0.3) is 0 Å². The van der Waals surface area contributed by atoms with Crippen LogP contribution in [0.1, 0.15) is 17.2 Å². The van der Waals surface area contributed by atoms with Crippen LogP contribution in [0.4, 0.5) is 0 Å². The summed E-state index contributed by atoms with van der Waals surface area (Å²) in [6.45, 7) is 0. The van der Waals surface area contributed by atoms with Gasteiger partial charge in [-0.3, -0.25) is 0 Å². The maximum atomic E-state index is 9.47. The highest BCUT2D eigenvalue weighted by molar-refractivity contribution is 9.10. The van der Waals surface area contributed by atoms with Crippen molar-refractivity contribution in [3.8, 4) is 0 Å². The van der Waals surface area contributed by atoms with Crippen LogP contribution in [-0.2, 0) is 6.42 Å². The number of fused-ring (bicyclic) bond motifs is 1. The van der Waals surface area contributed by atoms with E-state index in [0.717, 1.165) is 15.6 Å². The van der Waals surface area contributed by atoms with Crippen molar-refractivity contribution in [3.05, 3.63) is 33.8 Å². The Morgan fingerprint density at radius 2 is 2.25 bits per heavy atom. The van der Waals surface area contributed by atoms with E-state index in [1.807, 2.05) is 18.2 Å². The second-order valence-corrected chi connectivity index (χ2v) is 4.06. The zero-order chi connectivity index (χ0) is 8.72. The quantitative estimate of drug-likeness (QED) is 0.704. The van der Waals surface area contributed by atoms with Crippen LogP contribution in [-0.4, -0.2) is 11.2 Å². The van der Waals surface area contributed by atoms with Crippen LogP contribution in [0.5, 0.6) is 0 Å². The van der Waals surface area contributed by atoms with Crippen molar-refractivity contribution in [1.29, 1.82) is 0 Å². The molecule has 1 aliphatic rings. The highest BCUT2D eigenvalue weighted by Crippen LogP contribution is 2.31. The Morgan fingerprint density at radius 1 is 1.50 bits per heavy atom. The molecule has 0 spiro atoms. The summed E-state index contributed by atoms with van der Waals surface area (Å²) in [5.74, 6) is 0. The smallest absolute Gasteiger partial charge is 0.0773 e. The number of benzene rings is 1. The van der Waals surface area contributed by atoms with Crippen molar-refractivity contribution in [3.63, 3.8) is 0 Å². The molecule has 0 unspecified atom stereocenters.